The van der Waals surface area contributed by atoms with Crippen molar-refractivity contribution in [3.63, 3.8) is 0 Å². The average Bonchev–Trinajstić information content (AvgIpc) is 2.15. The highest BCUT2D eigenvalue weighted by Gasteiger charge is 2.44. The van der Waals surface area contributed by atoms with Gasteiger partial charge in [0.2, 0.25) is 0 Å². The highest BCUT2D eigenvalue weighted by Crippen LogP contribution is 2.52. The van der Waals surface area contributed by atoms with E-state index in [0.29, 0.717) is 11.3 Å². The van der Waals surface area contributed by atoms with Gasteiger partial charge in [0.05, 0.1) is 5.60 Å². The summed E-state index contributed by atoms with van der Waals surface area (Å²) in [6.07, 6.45) is 9.90. The number of fused-ring (bicyclic) bond motifs is 1. The Kier molecular flexibility index (Phi) is 2.94. The number of aliphatic hydroxyl groups is 1. The topological polar surface area (TPSA) is 20.2 Å². The lowest BCUT2D eigenvalue weighted by molar-refractivity contribution is -0.00740. The Morgan fingerprint density at radius 2 is 2.06 bits per heavy atom. The molecular weight excluding hydrogens is 196 g/mol. The molecule has 0 aromatic heterocycles. The van der Waals surface area contributed by atoms with Crippen molar-refractivity contribution < 1.29 is 5.11 Å². The molecule has 92 valence electrons. The van der Waals surface area contributed by atoms with Crippen LogP contribution in [0.5, 0.6) is 0 Å². The van der Waals surface area contributed by atoms with Crippen LogP contribution < -0.4 is 0 Å². The lowest BCUT2D eigenvalue weighted by Gasteiger charge is -2.49. The number of hydrogen-bond donors (Lipinski definition) is 1. The fourth-order valence-electron chi connectivity index (χ4n) is 3.76. The van der Waals surface area contributed by atoms with Crippen LogP contribution in [-0.2, 0) is 0 Å². The summed E-state index contributed by atoms with van der Waals surface area (Å²) in [5, 5.41) is 10.2. The molecule has 1 heteroatoms. The first kappa shape index (κ1) is 12.2. The molecule has 0 aliphatic heterocycles. The molecule has 0 unspecified atom stereocenters. The minimum Gasteiger partial charge on any atom is -0.390 e. The van der Waals surface area contributed by atoms with Crippen LogP contribution in [-0.4, -0.2) is 10.7 Å². The van der Waals surface area contributed by atoms with Crippen LogP contribution in [0.1, 0.15) is 53.4 Å². The Bertz CT molecular complexity index is 286. The van der Waals surface area contributed by atoms with E-state index in [-0.39, 0.29) is 0 Å². The van der Waals surface area contributed by atoms with Gasteiger partial charge < -0.3 is 5.11 Å². The van der Waals surface area contributed by atoms with Gasteiger partial charge in [0, 0.05) is 5.92 Å². The Morgan fingerprint density at radius 3 is 2.69 bits per heavy atom. The largest absolute Gasteiger partial charge is 0.390 e. The number of hydrogen-bond acceptors (Lipinski definition) is 1. The highest BCUT2D eigenvalue weighted by atomic mass is 16.3. The van der Waals surface area contributed by atoms with Crippen molar-refractivity contribution in [2.75, 3.05) is 0 Å². The summed E-state index contributed by atoms with van der Waals surface area (Å²) in [7, 11) is 0. The molecule has 1 nitrogen and oxygen atoms in total. The van der Waals surface area contributed by atoms with Crippen molar-refractivity contribution in [2.45, 2.75) is 59.0 Å². The monoisotopic (exact) mass is 222 g/mol. The zero-order chi connectivity index (χ0) is 12.0. The van der Waals surface area contributed by atoms with Crippen molar-refractivity contribution in [3.05, 3.63) is 12.2 Å². The summed E-state index contributed by atoms with van der Waals surface area (Å²) in [4.78, 5) is 0. The maximum absolute atomic E-state index is 10.2. The normalized spacial score (nSPS) is 44.2. The van der Waals surface area contributed by atoms with Gasteiger partial charge in [0.25, 0.3) is 0 Å². The first-order valence-electron chi connectivity index (χ1n) is 6.75. The highest BCUT2D eigenvalue weighted by molar-refractivity contribution is 5.13. The van der Waals surface area contributed by atoms with E-state index in [1.807, 2.05) is 13.8 Å². The van der Waals surface area contributed by atoms with Gasteiger partial charge in [0.15, 0.2) is 0 Å². The van der Waals surface area contributed by atoms with E-state index in [9.17, 15) is 5.11 Å². The van der Waals surface area contributed by atoms with Crippen molar-refractivity contribution in [1.29, 1.82) is 0 Å². The molecule has 1 saturated carbocycles. The minimum atomic E-state index is -0.561. The fourth-order valence-corrected chi connectivity index (χ4v) is 3.76. The third-order valence-electron chi connectivity index (χ3n) is 5.03. The average molecular weight is 222 g/mol. The van der Waals surface area contributed by atoms with E-state index < -0.39 is 5.60 Å². The Balaban J connectivity index is 2.23. The third-order valence-corrected chi connectivity index (χ3v) is 5.03. The summed E-state index contributed by atoms with van der Waals surface area (Å²) in [5.74, 6) is 1.92. The number of allylic oxidation sites excluding steroid dienone is 1. The molecule has 0 amide bonds. The van der Waals surface area contributed by atoms with E-state index in [1.54, 1.807) is 0 Å². The van der Waals surface area contributed by atoms with Gasteiger partial charge >= 0.3 is 0 Å². The minimum absolute atomic E-state index is 0.339. The standard InChI is InChI=1S/C15H26O/c1-11-6-5-8-15(4)9-7-12(10-13(11)15)14(2,3)16/h7,9,11-13,16H,5-6,8,10H2,1-4H3/t11-,12-,13+,15-/m1/s1. The summed E-state index contributed by atoms with van der Waals surface area (Å²) in [5.41, 5.74) is -0.158. The molecule has 1 fully saturated rings. The van der Waals surface area contributed by atoms with Crippen LogP contribution in [0.25, 0.3) is 0 Å². The van der Waals surface area contributed by atoms with Crippen molar-refractivity contribution in [3.8, 4) is 0 Å². The molecule has 2 aliphatic rings. The molecule has 0 spiro atoms. The van der Waals surface area contributed by atoms with Gasteiger partial charge in [-0.1, -0.05) is 38.8 Å². The molecule has 0 radical (unpaired) electrons. The SMILES string of the molecule is C[C@@H]1CCC[C@]2(C)C=C[C@@H](C(C)(C)O)C[C@@H]12. The summed E-state index contributed by atoms with van der Waals surface area (Å²) in [6.45, 7) is 8.68. The molecule has 4 atom stereocenters. The molecule has 0 saturated heterocycles. The van der Waals surface area contributed by atoms with Gasteiger partial charge in [-0.25, -0.2) is 0 Å². The Morgan fingerprint density at radius 1 is 1.38 bits per heavy atom. The van der Waals surface area contributed by atoms with Gasteiger partial charge in [-0.05, 0) is 43.9 Å². The Labute approximate surface area is 99.9 Å². The van der Waals surface area contributed by atoms with Crippen molar-refractivity contribution in [1.82, 2.24) is 0 Å². The van der Waals surface area contributed by atoms with Crippen LogP contribution in [0.15, 0.2) is 12.2 Å². The molecule has 0 heterocycles. The summed E-state index contributed by atoms with van der Waals surface area (Å²) < 4.78 is 0. The van der Waals surface area contributed by atoms with Crippen LogP contribution in [0.3, 0.4) is 0 Å². The van der Waals surface area contributed by atoms with E-state index in [4.69, 9.17) is 0 Å². The van der Waals surface area contributed by atoms with E-state index in [2.05, 4.69) is 26.0 Å². The first-order valence-corrected chi connectivity index (χ1v) is 6.75. The maximum Gasteiger partial charge on any atom is 0.0654 e. The second-order valence-electron chi connectivity index (χ2n) is 6.84. The second-order valence-corrected chi connectivity index (χ2v) is 6.84. The summed E-state index contributed by atoms with van der Waals surface area (Å²) in [6, 6.07) is 0. The molecule has 2 aliphatic carbocycles. The van der Waals surface area contributed by atoms with Gasteiger partial charge in [-0.15, -0.1) is 0 Å². The zero-order valence-electron chi connectivity index (χ0n) is 11.2. The van der Waals surface area contributed by atoms with Crippen molar-refractivity contribution in [2.24, 2.45) is 23.2 Å². The quantitative estimate of drug-likeness (QED) is 0.669. The Hall–Kier alpha value is -0.300. The fraction of sp³-hybridized carbons (Fsp3) is 0.867. The molecule has 0 bridgehead atoms. The molecule has 0 aromatic rings. The van der Waals surface area contributed by atoms with Crippen LogP contribution in [0.2, 0.25) is 0 Å². The van der Waals surface area contributed by atoms with Crippen LogP contribution in [0.4, 0.5) is 0 Å². The van der Waals surface area contributed by atoms with Gasteiger partial charge in [-0.2, -0.15) is 0 Å². The number of rotatable bonds is 1. The molecule has 1 N–H and O–H groups in total. The van der Waals surface area contributed by atoms with Gasteiger partial charge in [0.1, 0.15) is 0 Å². The van der Waals surface area contributed by atoms with Gasteiger partial charge in [-0.3, -0.25) is 0 Å². The lowest BCUT2D eigenvalue weighted by atomic mass is 9.57. The van der Waals surface area contributed by atoms with E-state index in [0.717, 1.165) is 18.3 Å². The van der Waals surface area contributed by atoms with Crippen LogP contribution >= 0.6 is 0 Å². The smallest absolute Gasteiger partial charge is 0.0654 e. The zero-order valence-corrected chi connectivity index (χ0v) is 11.2. The molecule has 2 rings (SSSR count). The second kappa shape index (κ2) is 3.87. The molecule has 16 heavy (non-hydrogen) atoms. The van der Waals surface area contributed by atoms with E-state index >= 15 is 0 Å². The predicted molar refractivity (Wildman–Crippen MR) is 68.2 cm³/mol. The van der Waals surface area contributed by atoms with E-state index in [1.165, 1.54) is 19.3 Å². The molecule has 0 aromatic carbocycles. The third kappa shape index (κ3) is 2.07. The predicted octanol–water partition coefficient (Wildman–Crippen LogP) is 3.78. The maximum atomic E-state index is 10.2. The summed E-state index contributed by atoms with van der Waals surface area (Å²) >= 11 is 0. The lowest BCUT2D eigenvalue weighted by Crippen LogP contribution is -2.42. The van der Waals surface area contributed by atoms with Crippen LogP contribution in [0, 0.1) is 23.2 Å². The first-order chi connectivity index (χ1) is 7.33. The molecular formula is C15H26O. The van der Waals surface area contributed by atoms with Crippen molar-refractivity contribution >= 4 is 0 Å².